The van der Waals surface area contributed by atoms with Gasteiger partial charge in [-0.2, -0.15) is 0 Å². The Labute approximate surface area is 130 Å². The summed E-state index contributed by atoms with van der Waals surface area (Å²) >= 11 is 0. The van der Waals surface area contributed by atoms with Gasteiger partial charge in [0.2, 0.25) is 0 Å². The molecule has 3 rings (SSSR count). The van der Waals surface area contributed by atoms with Crippen molar-refractivity contribution in [1.29, 1.82) is 0 Å². The van der Waals surface area contributed by atoms with Gasteiger partial charge in [0.1, 0.15) is 0 Å². The molecule has 3 aliphatic rings. The van der Waals surface area contributed by atoms with E-state index in [0.29, 0.717) is 0 Å². The molecule has 0 saturated heterocycles. The van der Waals surface area contributed by atoms with E-state index >= 15 is 0 Å². The van der Waals surface area contributed by atoms with E-state index in [0.717, 1.165) is 6.42 Å². The Morgan fingerprint density at radius 3 is 1.95 bits per heavy atom. The lowest BCUT2D eigenvalue weighted by Crippen LogP contribution is -2.18. The summed E-state index contributed by atoms with van der Waals surface area (Å²) in [5.41, 5.74) is 9.92. The molecule has 0 saturated carbocycles. The molecule has 3 aliphatic carbocycles. The van der Waals surface area contributed by atoms with E-state index < -0.39 is 0 Å². The minimum Gasteiger partial charge on any atom is -0.0578 e. The Morgan fingerprint density at radius 1 is 1.00 bits per heavy atom. The lowest BCUT2D eigenvalue weighted by molar-refractivity contribution is 0.448. The quantitative estimate of drug-likeness (QED) is 0.538. The second-order valence-corrected chi connectivity index (χ2v) is 9.25. The zero-order valence-corrected chi connectivity index (χ0v) is 15.0. The molecule has 0 bridgehead atoms. The van der Waals surface area contributed by atoms with Crippen molar-refractivity contribution in [2.75, 3.05) is 0 Å². The zero-order valence-electron chi connectivity index (χ0n) is 15.0. The van der Waals surface area contributed by atoms with E-state index in [1.54, 1.807) is 27.9 Å². The number of rotatable bonds is 1. The highest BCUT2D eigenvalue weighted by Crippen LogP contribution is 2.61. The molecule has 1 atom stereocenters. The van der Waals surface area contributed by atoms with Gasteiger partial charge in [-0.05, 0) is 65.9 Å². The van der Waals surface area contributed by atoms with E-state index in [4.69, 9.17) is 0 Å². The topological polar surface area (TPSA) is 0 Å². The Morgan fingerprint density at radius 2 is 1.62 bits per heavy atom. The Bertz CT molecular complexity index is 633. The number of allylic oxidation sites excluding steroid dienone is 8. The molecule has 0 N–H and O–H groups in total. The molecule has 21 heavy (non-hydrogen) atoms. The van der Waals surface area contributed by atoms with Crippen molar-refractivity contribution in [1.82, 2.24) is 0 Å². The monoisotopic (exact) mass is 281 g/mol. The standard InChI is InChI=1S/C21H29/c1-13-12-21(8,16-11-15(13)16)14-9-17(19(2,3)4)18(10-14)20(5,6)7/h9H,10-11H2,1-8H3. The molecule has 0 fully saturated rings. The third-order valence-corrected chi connectivity index (χ3v) is 5.45. The van der Waals surface area contributed by atoms with E-state index in [-0.39, 0.29) is 16.2 Å². The van der Waals surface area contributed by atoms with Gasteiger partial charge in [-0.1, -0.05) is 58.8 Å². The van der Waals surface area contributed by atoms with Crippen molar-refractivity contribution in [2.45, 2.75) is 68.2 Å². The number of hydrogen-bond acceptors (Lipinski definition) is 0. The fourth-order valence-electron chi connectivity index (χ4n) is 4.03. The van der Waals surface area contributed by atoms with Crippen LogP contribution >= 0.6 is 0 Å². The Hall–Kier alpha value is -1.04. The lowest BCUT2D eigenvalue weighted by atomic mass is 9.74. The van der Waals surface area contributed by atoms with Gasteiger partial charge in [0.15, 0.2) is 0 Å². The molecule has 113 valence electrons. The molecule has 0 amide bonds. The summed E-state index contributed by atoms with van der Waals surface area (Å²) in [6.45, 7) is 18.7. The Kier molecular flexibility index (Phi) is 2.85. The molecule has 0 aliphatic heterocycles. The Balaban J connectivity index is 2.02. The molecule has 0 aromatic rings. The second-order valence-electron chi connectivity index (χ2n) is 9.25. The van der Waals surface area contributed by atoms with Gasteiger partial charge in [0, 0.05) is 5.41 Å². The summed E-state index contributed by atoms with van der Waals surface area (Å²) in [5, 5.41) is 0. The smallest absolute Gasteiger partial charge is 0.0363 e. The highest BCUT2D eigenvalue weighted by atomic mass is 14.5. The van der Waals surface area contributed by atoms with E-state index in [2.05, 4.69) is 67.5 Å². The first-order valence-corrected chi connectivity index (χ1v) is 8.24. The highest BCUT2D eigenvalue weighted by Gasteiger charge is 2.48. The minimum atomic E-state index is 0.0862. The van der Waals surface area contributed by atoms with E-state index in [1.807, 2.05) is 0 Å². The van der Waals surface area contributed by atoms with Gasteiger partial charge in [-0.25, -0.2) is 0 Å². The van der Waals surface area contributed by atoms with Gasteiger partial charge in [-0.15, -0.1) is 0 Å². The second kappa shape index (κ2) is 4.03. The van der Waals surface area contributed by atoms with Crippen molar-refractivity contribution in [3.05, 3.63) is 45.6 Å². The summed E-state index contributed by atoms with van der Waals surface area (Å²) in [6, 6.07) is 0. The van der Waals surface area contributed by atoms with Gasteiger partial charge in [0.25, 0.3) is 0 Å². The minimum absolute atomic E-state index is 0.0862. The first kappa shape index (κ1) is 14.9. The van der Waals surface area contributed by atoms with Crippen LogP contribution in [0.3, 0.4) is 0 Å². The van der Waals surface area contributed by atoms with Crippen molar-refractivity contribution >= 4 is 0 Å². The first-order valence-electron chi connectivity index (χ1n) is 8.24. The van der Waals surface area contributed by atoms with Crippen LogP contribution in [-0.2, 0) is 0 Å². The van der Waals surface area contributed by atoms with Crippen LogP contribution in [0.2, 0.25) is 0 Å². The van der Waals surface area contributed by atoms with Gasteiger partial charge in [0.05, 0.1) is 0 Å². The maximum Gasteiger partial charge on any atom is 0.0363 e. The average molecular weight is 281 g/mol. The van der Waals surface area contributed by atoms with Crippen molar-refractivity contribution in [2.24, 2.45) is 16.2 Å². The SMILES string of the molecule is CC1=[C]C(C)(C2=CC(C(C)(C)C)=C(C(C)(C)C)C2)C2=C1C2. The van der Waals surface area contributed by atoms with E-state index in [1.165, 1.54) is 12.0 Å². The van der Waals surface area contributed by atoms with Gasteiger partial charge in [-0.3, -0.25) is 0 Å². The van der Waals surface area contributed by atoms with Crippen LogP contribution < -0.4 is 0 Å². The lowest BCUT2D eigenvalue weighted by Gasteiger charge is -2.30. The van der Waals surface area contributed by atoms with Crippen molar-refractivity contribution in [3.8, 4) is 0 Å². The highest BCUT2D eigenvalue weighted by molar-refractivity contribution is 5.64. The fraction of sp³-hybridized carbons (Fsp3) is 0.619. The van der Waals surface area contributed by atoms with Crippen molar-refractivity contribution in [3.63, 3.8) is 0 Å². The summed E-state index contributed by atoms with van der Waals surface area (Å²) in [7, 11) is 0. The molecule has 0 heteroatoms. The van der Waals surface area contributed by atoms with Crippen molar-refractivity contribution < 1.29 is 0 Å². The largest absolute Gasteiger partial charge is 0.0578 e. The van der Waals surface area contributed by atoms with Crippen LogP contribution in [0.1, 0.15) is 68.2 Å². The predicted octanol–water partition coefficient (Wildman–Crippen LogP) is 6.17. The maximum absolute atomic E-state index is 3.76. The predicted molar refractivity (Wildman–Crippen MR) is 90.8 cm³/mol. The molecule has 0 aromatic carbocycles. The normalized spacial score (nSPS) is 29.0. The molecule has 1 unspecified atom stereocenters. The maximum atomic E-state index is 3.76. The molecule has 1 radical (unpaired) electrons. The van der Waals surface area contributed by atoms with Crippen LogP contribution in [-0.4, -0.2) is 0 Å². The molecule has 0 nitrogen and oxygen atoms in total. The van der Waals surface area contributed by atoms with Crippen LogP contribution in [0.15, 0.2) is 39.5 Å². The third kappa shape index (κ3) is 2.18. The van der Waals surface area contributed by atoms with Crippen LogP contribution in [0.25, 0.3) is 0 Å². The summed E-state index contributed by atoms with van der Waals surface area (Å²) < 4.78 is 0. The van der Waals surface area contributed by atoms with Gasteiger partial charge < -0.3 is 0 Å². The average Bonchev–Trinajstić information content (AvgIpc) is 2.88. The number of hydrogen-bond donors (Lipinski definition) is 0. The van der Waals surface area contributed by atoms with E-state index in [9.17, 15) is 0 Å². The molecule has 0 heterocycles. The molecule has 0 aromatic heterocycles. The summed E-state index contributed by atoms with van der Waals surface area (Å²) in [4.78, 5) is 0. The molecular formula is C21H29. The van der Waals surface area contributed by atoms with Gasteiger partial charge >= 0.3 is 0 Å². The van der Waals surface area contributed by atoms with Crippen LogP contribution in [0.4, 0.5) is 0 Å². The first-order chi connectivity index (χ1) is 9.44. The molecule has 0 spiro atoms. The third-order valence-electron chi connectivity index (χ3n) is 5.45. The van der Waals surface area contributed by atoms with Crippen LogP contribution in [0.5, 0.6) is 0 Å². The molecular weight excluding hydrogens is 252 g/mol. The zero-order chi connectivity index (χ0) is 15.8. The summed E-state index contributed by atoms with van der Waals surface area (Å²) in [5.74, 6) is 0. The summed E-state index contributed by atoms with van der Waals surface area (Å²) in [6.07, 6.45) is 8.63. The van der Waals surface area contributed by atoms with Crippen LogP contribution in [0, 0.1) is 22.3 Å². The fourth-order valence-corrected chi connectivity index (χ4v) is 4.03.